The summed E-state index contributed by atoms with van der Waals surface area (Å²) in [5, 5.41) is 2.98. The van der Waals surface area contributed by atoms with Gasteiger partial charge in [0.05, 0.1) is 17.8 Å². The van der Waals surface area contributed by atoms with Gasteiger partial charge in [0.15, 0.2) is 0 Å². The molecule has 5 nitrogen and oxygen atoms in total. The number of rotatable bonds is 5. The van der Waals surface area contributed by atoms with Crippen molar-refractivity contribution in [3.8, 4) is 5.75 Å². The predicted molar refractivity (Wildman–Crippen MR) is 101 cm³/mol. The maximum Gasteiger partial charge on any atom is 0.246 e. The number of carbonyl (C=O) groups is 1. The lowest BCUT2D eigenvalue weighted by molar-refractivity contribution is -0.127. The monoisotopic (exact) mass is 357 g/mol. The van der Waals surface area contributed by atoms with Crippen LogP contribution in [0.3, 0.4) is 0 Å². The fourth-order valence-corrected chi connectivity index (χ4v) is 3.41. The molecule has 1 aliphatic heterocycles. The average molecular weight is 357 g/mol. The Balaban J connectivity index is 1.47. The van der Waals surface area contributed by atoms with Gasteiger partial charge in [0.25, 0.3) is 0 Å². The second-order valence-electron chi connectivity index (χ2n) is 6.07. The molecule has 0 saturated carbocycles. The minimum atomic E-state index is 0.0646. The van der Waals surface area contributed by atoms with Crippen LogP contribution in [0.4, 0.5) is 0 Å². The molecule has 0 radical (unpaired) electrons. The minimum Gasteiger partial charge on any atom is -0.497 e. The molecular weight excluding hydrogens is 334 g/mol. The molecule has 6 heteroatoms. The molecule has 0 spiro atoms. The number of hydrogen-bond donors (Lipinski definition) is 0. The highest BCUT2D eigenvalue weighted by Crippen LogP contribution is 2.14. The molecule has 132 valence electrons. The molecule has 2 aromatic rings. The Kier molecular flexibility index (Phi) is 5.83. The van der Waals surface area contributed by atoms with Crippen molar-refractivity contribution in [3.05, 3.63) is 52.0 Å². The lowest BCUT2D eigenvalue weighted by atomic mass is 10.2. The molecule has 0 N–H and O–H groups in total. The number of methoxy groups -OCH3 is 1. The number of benzene rings is 1. The molecule has 2 heterocycles. The Morgan fingerprint density at radius 1 is 1.24 bits per heavy atom. The van der Waals surface area contributed by atoms with E-state index in [0.717, 1.165) is 49.2 Å². The Hall–Kier alpha value is -2.18. The molecule has 25 heavy (non-hydrogen) atoms. The molecule has 0 unspecified atom stereocenters. The highest BCUT2D eigenvalue weighted by molar-refractivity contribution is 7.09. The van der Waals surface area contributed by atoms with Gasteiger partial charge in [-0.15, -0.1) is 11.3 Å². The van der Waals surface area contributed by atoms with Crippen LogP contribution in [0.2, 0.25) is 0 Å². The van der Waals surface area contributed by atoms with Gasteiger partial charge in [0, 0.05) is 44.2 Å². The zero-order valence-corrected chi connectivity index (χ0v) is 15.5. The summed E-state index contributed by atoms with van der Waals surface area (Å²) in [6, 6.07) is 8.16. The average Bonchev–Trinajstić information content (AvgIpc) is 3.06. The first kappa shape index (κ1) is 17.6. The zero-order chi connectivity index (χ0) is 17.6. The summed E-state index contributed by atoms with van der Waals surface area (Å²) in [5.74, 6) is 0.941. The van der Waals surface area contributed by atoms with E-state index < -0.39 is 0 Å². The summed E-state index contributed by atoms with van der Waals surface area (Å²) >= 11 is 1.59. The summed E-state index contributed by atoms with van der Waals surface area (Å²) in [5.41, 5.74) is 2.12. The zero-order valence-electron chi connectivity index (χ0n) is 14.6. The van der Waals surface area contributed by atoms with Gasteiger partial charge in [-0.1, -0.05) is 12.1 Å². The standard InChI is InChI=1S/C19H23N3O2S/c1-15-20-17(14-25-15)5-8-19(23)22-11-9-21(10-12-22)13-16-3-6-18(24-2)7-4-16/h3-8,14H,9-13H2,1-2H3/b8-5+. The molecular formula is C19H23N3O2S. The van der Waals surface area contributed by atoms with Gasteiger partial charge >= 0.3 is 0 Å². The van der Waals surface area contributed by atoms with Crippen molar-refractivity contribution in [3.63, 3.8) is 0 Å². The van der Waals surface area contributed by atoms with Gasteiger partial charge in [0.2, 0.25) is 5.91 Å². The third-order valence-corrected chi connectivity index (χ3v) is 5.07. The number of carbonyl (C=O) groups excluding carboxylic acids is 1. The summed E-state index contributed by atoms with van der Waals surface area (Å²) in [6.07, 6.45) is 3.43. The van der Waals surface area contributed by atoms with Gasteiger partial charge in [-0.3, -0.25) is 9.69 Å². The van der Waals surface area contributed by atoms with Gasteiger partial charge in [-0.05, 0) is 30.7 Å². The van der Waals surface area contributed by atoms with Gasteiger partial charge in [-0.25, -0.2) is 4.98 Å². The van der Waals surface area contributed by atoms with E-state index in [9.17, 15) is 4.79 Å². The van der Waals surface area contributed by atoms with Crippen LogP contribution < -0.4 is 4.74 Å². The van der Waals surface area contributed by atoms with Gasteiger partial charge in [0.1, 0.15) is 5.75 Å². The molecule has 3 rings (SSSR count). The third-order valence-electron chi connectivity index (χ3n) is 4.28. The largest absolute Gasteiger partial charge is 0.497 e. The second-order valence-corrected chi connectivity index (χ2v) is 7.14. The number of amides is 1. The molecule has 0 aliphatic carbocycles. The van der Waals surface area contributed by atoms with Crippen LogP contribution in [-0.2, 0) is 11.3 Å². The fourth-order valence-electron chi connectivity index (χ4n) is 2.83. The third kappa shape index (κ3) is 4.90. The molecule has 1 saturated heterocycles. The molecule has 1 fully saturated rings. The maximum atomic E-state index is 12.3. The number of hydrogen-bond acceptors (Lipinski definition) is 5. The molecule has 0 atom stereocenters. The van der Waals surface area contributed by atoms with Crippen LogP contribution in [0.25, 0.3) is 6.08 Å². The lowest BCUT2D eigenvalue weighted by Gasteiger charge is -2.34. The second kappa shape index (κ2) is 8.27. The van der Waals surface area contributed by atoms with Crippen molar-refractivity contribution in [2.45, 2.75) is 13.5 Å². The van der Waals surface area contributed by atoms with E-state index in [1.807, 2.05) is 29.3 Å². The van der Waals surface area contributed by atoms with E-state index in [1.165, 1.54) is 5.56 Å². The quantitative estimate of drug-likeness (QED) is 0.772. The highest BCUT2D eigenvalue weighted by atomic mass is 32.1. The van der Waals surface area contributed by atoms with Crippen molar-refractivity contribution < 1.29 is 9.53 Å². The minimum absolute atomic E-state index is 0.0646. The summed E-state index contributed by atoms with van der Waals surface area (Å²) in [6.45, 7) is 6.17. The van der Waals surface area contributed by atoms with E-state index in [0.29, 0.717) is 0 Å². The number of piperazine rings is 1. The summed E-state index contributed by atoms with van der Waals surface area (Å²) in [7, 11) is 1.68. The molecule has 1 amide bonds. The van der Waals surface area contributed by atoms with Crippen molar-refractivity contribution >= 4 is 23.3 Å². The Morgan fingerprint density at radius 2 is 1.96 bits per heavy atom. The molecule has 1 aromatic carbocycles. The van der Waals surface area contributed by atoms with Gasteiger partial charge in [-0.2, -0.15) is 0 Å². The van der Waals surface area contributed by atoms with Crippen LogP contribution in [0.5, 0.6) is 5.75 Å². The van der Waals surface area contributed by atoms with Crippen LogP contribution in [-0.4, -0.2) is 54.0 Å². The molecule has 0 bridgehead atoms. The number of thiazole rings is 1. The Bertz CT molecular complexity index is 731. The van der Waals surface area contributed by atoms with Crippen LogP contribution in [0, 0.1) is 6.92 Å². The first-order valence-electron chi connectivity index (χ1n) is 8.38. The van der Waals surface area contributed by atoms with Crippen LogP contribution in [0.1, 0.15) is 16.3 Å². The number of aryl methyl sites for hydroxylation is 1. The normalized spacial score (nSPS) is 15.7. The summed E-state index contributed by atoms with van der Waals surface area (Å²) < 4.78 is 5.19. The van der Waals surface area contributed by atoms with Crippen molar-refractivity contribution in [1.82, 2.24) is 14.8 Å². The predicted octanol–water partition coefficient (Wildman–Crippen LogP) is 2.82. The first-order chi connectivity index (χ1) is 12.1. The topological polar surface area (TPSA) is 45.7 Å². The highest BCUT2D eigenvalue weighted by Gasteiger charge is 2.19. The van der Waals surface area contributed by atoms with Crippen molar-refractivity contribution in [2.75, 3.05) is 33.3 Å². The summed E-state index contributed by atoms with van der Waals surface area (Å²) in [4.78, 5) is 20.9. The van der Waals surface area contributed by atoms with Crippen LogP contribution in [0.15, 0.2) is 35.7 Å². The van der Waals surface area contributed by atoms with E-state index in [1.54, 1.807) is 30.6 Å². The fraction of sp³-hybridized carbons (Fsp3) is 0.368. The maximum absolute atomic E-state index is 12.3. The smallest absolute Gasteiger partial charge is 0.246 e. The van der Waals surface area contributed by atoms with Crippen molar-refractivity contribution in [2.24, 2.45) is 0 Å². The van der Waals surface area contributed by atoms with E-state index in [2.05, 4.69) is 22.0 Å². The molecule has 1 aliphatic rings. The van der Waals surface area contributed by atoms with Crippen LogP contribution >= 0.6 is 11.3 Å². The van der Waals surface area contributed by atoms with E-state index in [4.69, 9.17) is 4.74 Å². The number of aromatic nitrogens is 1. The number of ether oxygens (including phenoxy) is 1. The Morgan fingerprint density at radius 3 is 2.56 bits per heavy atom. The van der Waals surface area contributed by atoms with Gasteiger partial charge < -0.3 is 9.64 Å². The first-order valence-corrected chi connectivity index (χ1v) is 9.26. The SMILES string of the molecule is COc1ccc(CN2CCN(C(=O)/C=C/c3csc(C)n3)CC2)cc1. The molecule has 1 aromatic heterocycles. The number of nitrogens with zero attached hydrogens (tertiary/aromatic N) is 3. The Labute approximate surface area is 152 Å². The van der Waals surface area contributed by atoms with E-state index >= 15 is 0 Å². The van der Waals surface area contributed by atoms with Crippen molar-refractivity contribution in [1.29, 1.82) is 0 Å². The lowest BCUT2D eigenvalue weighted by Crippen LogP contribution is -2.47. The van der Waals surface area contributed by atoms with E-state index in [-0.39, 0.29) is 5.91 Å².